The lowest BCUT2D eigenvalue weighted by atomic mass is 10.0. The highest BCUT2D eigenvalue weighted by Gasteiger charge is 2.29. The van der Waals surface area contributed by atoms with E-state index in [-0.39, 0.29) is 6.29 Å². The van der Waals surface area contributed by atoms with Crippen molar-refractivity contribution in [3.63, 3.8) is 0 Å². The van der Waals surface area contributed by atoms with E-state index in [0.717, 1.165) is 12.0 Å². The van der Waals surface area contributed by atoms with Gasteiger partial charge in [0.1, 0.15) is 6.17 Å². The molecular weight excluding hydrogens is 341 g/mol. The third kappa shape index (κ3) is 7.13. The predicted octanol–water partition coefficient (Wildman–Crippen LogP) is 3.53. The molecule has 0 aliphatic carbocycles. The van der Waals surface area contributed by atoms with Crippen molar-refractivity contribution in [3.8, 4) is 0 Å². The highest BCUT2D eigenvalue weighted by molar-refractivity contribution is 7.84. The van der Waals surface area contributed by atoms with Crippen LogP contribution in [-0.4, -0.2) is 40.7 Å². The van der Waals surface area contributed by atoms with Gasteiger partial charge in [-0.3, -0.25) is 0 Å². The van der Waals surface area contributed by atoms with Gasteiger partial charge in [0.15, 0.2) is 6.29 Å². The van der Waals surface area contributed by atoms with Gasteiger partial charge < -0.3 is 9.47 Å². The molecule has 4 nitrogen and oxygen atoms in total. The monoisotopic (exact) mass is 371 g/mol. The van der Waals surface area contributed by atoms with Gasteiger partial charge in [-0.05, 0) is 45.6 Å². The van der Waals surface area contributed by atoms with Crippen LogP contribution in [0, 0.1) is 0 Å². The van der Waals surface area contributed by atoms with Gasteiger partial charge in [0.2, 0.25) is 0 Å². The number of nitrogens with one attached hydrogen (secondary N) is 1. The summed E-state index contributed by atoms with van der Waals surface area (Å²) < 4.78 is 41.1. The Morgan fingerprint density at radius 1 is 1.24 bits per heavy atom. The summed E-state index contributed by atoms with van der Waals surface area (Å²) in [4.78, 5) is 0. The number of alkyl halides is 1. The summed E-state index contributed by atoms with van der Waals surface area (Å²) >= 11 is 0. The number of benzene rings is 1. The van der Waals surface area contributed by atoms with Gasteiger partial charge in [-0.2, -0.15) is 0 Å². The summed E-state index contributed by atoms with van der Waals surface area (Å²) in [6.45, 7) is 7.00. The number of ether oxygens (including phenoxy) is 2. The van der Waals surface area contributed by atoms with Gasteiger partial charge in [-0.1, -0.05) is 30.3 Å². The minimum atomic E-state index is -1.32. The Balaban J connectivity index is 1.97. The maximum atomic E-state index is 15.0. The minimum absolute atomic E-state index is 0.287. The molecule has 0 amide bonds. The SMILES string of the molecule is CC(C)(C)S(=O)N[C@H](CCC1OCCCO1)[C@H](F)Cc1ccccc1. The second kappa shape index (κ2) is 9.76. The number of rotatable bonds is 8. The minimum Gasteiger partial charge on any atom is -0.353 e. The molecule has 1 aromatic rings. The number of hydrogen-bond acceptors (Lipinski definition) is 3. The summed E-state index contributed by atoms with van der Waals surface area (Å²) in [5.41, 5.74) is 0.938. The lowest BCUT2D eigenvalue weighted by Gasteiger charge is -2.29. The molecule has 25 heavy (non-hydrogen) atoms. The average molecular weight is 372 g/mol. The van der Waals surface area contributed by atoms with Crippen molar-refractivity contribution in [1.82, 2.24) is 4.72 Å². The highest BCUT2D eigenvalue weighted by atomic mass is 32.2. The molecule has 1 fully saturated rings. The lowest BCUT2D eigenvalue weighted by molar-refractivity contribution is -0.182. The highest BCUT2D eigenvalue weighted by Crippen LogP contribution is 2.19. The molecular formula is C19H30FNO3S. The average Bonchev–Trinajstić information content (AvgIpc) is 2.59. The van der Waals surface area contributed by atoms with Crippen LogP contribution in [0.5, 0.6) is 0 Å². The Morgan fingerprint density at radius 2 is 1.88 bits per heavy atom. The largest absolute Gasteiger partial charge is 0.353 e. The standard InChI is InChI=1S/C19H30FNO3S/c1-19(2,3)25(22)21-17(10-11-18-23-12-7-13-24-18)16(20)14-15-8-5-4-6-9-15/h4-6,8-9,16-18,21H,7,10-14H2,1-3H3/t16-,17-,25?/m1/s1. The molecule has 0 spiro atoms. The Morgan fingerprint density at radius 3 is 2.48 bits per heavy atom. The summed E-state index contributed by atoms with van der Waals surface area (Å²) in [5.74, 6) is 0. The third-order valence-corrected chi connectivity index (χ3v) is 5.76. The van der Waals surface area contributed by atoms with Crippen molar-refractivity contribution in [2.24, 2.45) is 0 Å². The summed E-state index contributed by atoms with van der Waals surface area (Å²) in [7, 11) is -1.32. The molecule has 1 heterocycles. The van der Waals surface area contributed by atoms with E-state index in [4.69, 9.17) is 9.47 Å². The van der Waals surface area contributed by atoms with Crippen LogP contribution in [0.15, 0.2) is 30.3 Å². The summed E-state index contributed by atoms with van der Waals surface area (Å²) in [5, 5.41) is 0. The van der Waals surface area contributed by atoms with Crippen LogP contribution in [-0.2, 0) is 26.9 Å². The van der Waals surface area contributed by atoms with Gasteiger partial charge in [0.05, 0.1) is 35.0 Å². The fourth-order valence-electron chi connectivity index (χ4n) is 2.63. The Bertz CT molecular complexity index is 529. The van der Waals surface area contributed by atoms with Crippen molar-refractivity contribution in [1.29, 1.82) is 0 Å². The van der Waals surface area contributed by atoms with Crippen molar-refractivity contribution in [2.45, 2.75) is 69.7 Å². The topological polar surface area (TPSA) is 47.6 Å². The van der Waals surface area contributed by atoms with Crippen LogP contribution in [0.1, 0.15) is 45.6 Å². The first-order chi connectivity index (χ1) is 11.9. The predicted molar refractivity (Wildman–Crippen MR) is 99.4 cm³/mol. The molecule has 6 heteroatoms. The van der Waals surface area contributed by atoms with E-state index in [1.165, 1.54) is 0 Å². The molecule has 0 aromatic heterocycles. The first-order valence-corrected chi connectivity index (χ1v) is 10.1. The van der Waals surface area contributed by atoms with E-state index in [1.807, 2.05) is 51.1 Å². The third-order valence-electron chi connectivity index (χ3n) is 4.13. The van der Waals surface area contributed by atoms with Gasteiger partial charge in [-0.25, -0.2) is 13.3 Å². The molecule has 1 aliphatic heterocycles. The zero-order chi connectivity index (χ0) is 18.3. The molecule has 0 bridgehead atoms. The summed E-state index contributed by atoms with van der Waals surface area (Å²) in [6, 6.07) is 9.05. The molecule has 1 saturated heterocycles. The van der Waals surface area contributed by atoms with Crippen molar-refractivity contribution in [3.05, 3.63) is 35.9 Å². The smallest absolute Gasteiger partial charge is 0.157 e. The van der Waals surface area contributed by atoms with E-state index < -0.39 is 27.9 Å². The quantitative estimate of drug-likeness (QED) is 0.760. The van der Waals surface area contributed by atoms with Gasteiger partial charge >= 0.3 is 0 Å². The molecule has 1 aliphatic rings. The van der Waals surface area contributed by atoms with E-state index in [0.29, 0.717) is 32.5 Å². The molecule has 142 valence electrons. The van der Waals surface area contributed by atoms with Crippen LogP contribution < -0.4 is 4.72 Å². The van der Waals surface area contributed by atoms with Crippen LogP contribution >= 0.6 is 0 Å². The van der Waals surface area contributed by atoms with E-state index in [1.54, 1.807) is 0 Å². The summed E-state index contributed by atoms with van der Waals surface area (Å²) in [6.07, 6.45) is 0.884. The van der Waals surface area contributed by atoms with E-state index >= 15 is 0 Å². The fourth-order valence-corrected chi connectivity index (χ4v) is 3.52. The molecule has 3 atom stereocenters. The molecule has 0 saturated carbocycles. The van der Waals surface area contributed by atoms with Crippen LogP contribution in [0.4, 0.5) is 4.39 Å². The number of hydrogen-bond donors (Lipinski definition) is 1. The van der Waals surface area contributed by atoms with Crippen LogP contribution in [0.3, 0.4) is 0 Å². The molecule has 1 N–H and O–H groups in total. The number of halogens is 1. The Hall–Kier alpha value is -0.820. The molecule has 1 aromatic carbocycles. The molecule has 2 rings (SSSR count). The van der Waals surface area contributed by atoms with E-state index in [2.05, 4.69) is 4.72 Å². The van der Waals surface area contributed by atoms with Gasteiger partial charge in [-0.15, -0.1) is 0 Å². The Labute approximate surface area is 153 Å². The van der Waals surface area contributed by atoms with Crippen molar-refractivity contribution in [2.75, 3.05) is 13.2 Å². The normalized spacial score (nSPS) is 20.2. The maximum absolute atomic E-state index is 15.0. The van der Waals surface area contributed by atoms with E-state index in [9.17, 15) is 8.60 Å². The second-order valence-electron chi connectivity index (χ2n) is 7.41. The first-order valence-electron chi connectivity index (χ1n) is 8.95. The van der Waals surface area contributed by atoms with Crippen LogP contribution in [0.2, 0.25) is 0 Å². The lowest BCUT2D eigenvalue weighted by Crippen LogP contribution is -2.45. The Kier molecular flexibility index (Phi) is 8.00. The van der Waals surface area contributed by atoms with Crippen molar-refractivity contribution < 1.29 is 18.1 Å². The van der Waals surface area contributed by atoms with Crippen molar-refractivity contribution >= 4 is 11.0 Å². The zero-order valence-electron chi connectivity index (χ0n) is 15.4. The van der Waals surface area contributed by atoms with Gasteiger partial charge in [0.25, 0.3) is 0 Å². The molecule has 1 unspecified atom stereocenters. The maximum Gasteiger partial charge on any atom is 0.157 e. The first kappa shape index (κ1) is 20.5. The van der Waals surface area contributed by atoms with Crippen LogP contribution in [0.25, 0.3) is 0 Å². The van der Waals surface area contributed by atoms with Gasteiger partial charge in [0, 0.05) is 6.42 Å². The fraction of sp³-hybridized carbons (Fsp3) is 0.684. The zero-order valence-corrected chi connectivity index (χ0v) is 16.2. The molecule has 0 radical (unpaired) electrons. The second-order valence-corrected chi connectivity index (χ2v) is 9.41.